The topological polar surface area (TPSA) is 29.3 Å². The molecule has 2 N–H and O–H groups in total. The zero-order valence-corrected chi connectivity index (χ0v) is 12.3. The lowest BCUT2D eigenvalue weighted by molar-refractivity contribution is 0.0243. The molecule has 0 bridgehead atoms. The van der Waals surface area contributed by atoms with Crippen molar-refractivity contribution >= 4 is 0 Å². The van der Waals surface area contributed by atoms with Crippen LogP contribution in [0.15, 0.2) is 24.3 Å². The Morgan fingerprint density at radius 3 is 2.53 bits per heavy atom. The molecule has 2 aliphatic rings. The Hall–Kier alpha value is -0.860. The van der Waals surface area contributed by atoms with Crippen LogP contribution in [0, 0.1) is 0 Å². The fourth-order valence-electron chi connectivity index (χ4n) is 4.29. The van der Waals surface area contributed by atoms with E-state index in [0.29, 0.717) is 5.54 Å². The van der Waals surface area contributed by atoms with Crippen LogP contribution in [0.3, 0.4) is 0 Å². The summed E-state index contributed by atoms with van der Waals surface area (Å²) in [5.41, 5.74) is 9.80. The Labute approximate surface area is 117 Å². The molecule has 1 aromatic carbocycles. The maximum atomic E-state index is 6.25. The fourth-order valence-corrected chi connectivity index (χ4v) is 4.29. The zero-order chi connectivity index (χ0) is 13.5. The molecule has 104 valence electrons. The van der Waals surface area contributed by atoms with Crippen molar-refractivity contribution in [1.82, 2.24) is 4.90 Å². The minimum Gasteiger partial charge on any atom is -0.329 e. The molecule has 2 heteroatoms. The molecule has 1 unspecified atom stereocenters. The molecule has 1 saturated heterocycles. The van der Waals surface area contributed by atoms with Gasteiger partial charge in [-0.15, -0.1) is 0 Å². The minimum atomic E-state index is 0.189. The summed E-state index contributed by atoms with van der Waals surface area (Å²) < 4.78 is 0. The molecular weight excluding hydrogens is 232 g/mol. The molecule has 1 aliphatic heterocycles. The van der Waals surface area contributed by atoms with E-state index in [2.05, 4.69) is 43.0 Å². The van der Waals surface area contributed by atoms with Gasteiger partial charge in [-0.2, -0.15) is 0 Å². The van der Waals surface area contributed by atoms with E-state index in [1.807, 2.05) is 0 Å². The minimum absolute atomic E-state index is 0.189. The Kier molecular flexibility index (Phi) is 3.18. The van der Waals surface area contributed by atoms with Crippen LogP contribution in [0.4, 0.5) is 0 Å². The third-order valence-electron chi connectivity index (χ3n) is 5.35. The quantitative estimate of drug-likeness (QED) is 0.884. The van der Waals surface area contributed by atoms with Gasteiger partial charge in [0, 0.05) is 17.6 Å². The van der Waals surface area contributed by atoms with Crippen molar-refractivity contribution in [3.05, 3.63) is 35.4 Å². The number of hydrogen-bond donors (Lipinski definition) is 1. The van der Waals surface area contributed by atoms with Crippen molar-refractivity contribution in [3.63, 3.8) is 0 Å². The first-order chi connectivity index (χ1) is 9.07. The third kappa shape index (κ3) is 2.11. The number of aryl methyl sites for hydroxylation is 1. The normalized spacial score (nSPS) is 30.3. The highest BCUT2D eigenvalue weighted by atomic mass is 15.3. The molecular formula is C17H26N2. The Morgan fingerprint density at radius 1 is 1.16 bits per heavy atom. The lowest BCUT2D eigenvalue weighted by atomic mass is 9.75. The van der Waals surface area contributed by atoms with Crippen molar-refractivity contribution in [2.24, 2.45) is 5.73 Å². The summed E-state index contributed by atoms with van der Waals surface area (Å²) in [5.74, 6) is 0. The van der Waals surface area contributed by atoms with Crippen LogP contribution in [0.2, 0.25) is 0 Å². The second kappa shape index (κ2) is 4.60. The summed E-state index contributed by atoms with van der Waals surface area (Å²) in [6.07, 6.45) is 6.14. The van der Waals surface area contributed by atoms with E-state index in [4.69, 9.17) is 5.73 Å². The summed E-state index contributed by atoms with van der Waals surface area (Å²) >= 11 is 0. The van der Waals surface area contributed by atoms with Crippen LogP contribution in [-0.2, 0) is 12.8 Å². The van der Waals surface area contributed by atoms with Crippen LogP contribution in [0.25, 0.3) is 0 Å². The van der Waals surface area contributed by atoms with Gasteiger partial charge in [0.25, 0.3) is 0 Å². The van der Waals surface area contributed by atoms with Gasteiger partial charge >= 0.3 is 0 Å². The largest absolute Gasteiger partial charge is 0.329 e. The van der Waals surface area contributed by atoms with Crippen LogP contribution in [0.5, 0.6) is 0 Å². The van der Waals surface area contributed by atoms with E-state index in [1.54, 1.807) is 0 Å². The van der Waals surface area contributed by atoms with Crippen molar-refractivity contribution in [3.8, 4) is 0 Å². The predicted molar refractivity (Wildman–Crippen MR) is 80.3 cm³/mol. The SMILES string of the molecule is CC1(C)CCCN1C1(CN)CCc2ccccc2C1. The first-order valence-corrected chi connectivity index (χ1v) is 7.62. The van der Waals surface area contributed by atoms with Crippen LogP contribution in [0.1, 0.15) is 44.2 Å². The number of nitrogens with zero attached hydrogens (tertiary/aromatic N) is 1. The van der Waals surface area contributed by atoms with Gasteiger partial charge < -0.3 is 5.73 Å². The summed E-state index contributed by atoms with van der Waals surface area (Å²) in [6, 6.07) is 8.90. The number of likely N-dealkylation sites (tertiary alicyclic amines) is 1. The maximum absolute atomic E-state index is 6.25. The van der Waals surface area contributed by atoms with Gasteiger partial charge in [0.15, 0.2) is 0 Å². The molecule has 0 amide bonds. The second-order valence-electron chi connectivity index (χ2n) is 6.94. The molecule has 2 nitrogen and oxygen atoms in total. The summed E-state index contributed by atoms with van der Waals surface area (Å²) in [7, 11) is 0. The summed E-state index contributed by atoms with van der Waals surface area (Å²) in [5, 5.41) is 0. The van der Waals surface area contributed by atoms with Crippen LogP contribution >= 0.6 is 0 Å². The van der Waals surface area contributed by atoms with Crippen molar-refractivity contribution in [2.45, 2.75) is 57.0 Å². The molecule has 19 heavy (non-hydrogen) atoms. The standard InChI is InChI=1S/C17H26N2/c1-16(2)9-5-11-19(16)17(13-18)10-8-14-6-3-4-7-15(14)12-17/h3-4,6-7H,5,8-13,18H2,1-2H3. The van der Waals surface area contributed by atoms with Crippen molar-refractivity contribution in [2.75, 3.05) is 13.1 Å². The third-order valence-corrected chi connectivity index (χ3v) is 5.35. The monoisotopic (exact) mass is 258 g/mol. The van der Waals surface area contributed by atoms with Gasteiger partial charge in [0.1, 0.15) is 0 Å². The fraction of sp³-hybridized carbons (Fsp3) is 0.647. The highest BCUT2D eigenvalue weighted by Crippen LogP contribution is 2.41. The van der Waals surface area contributed by atoms with E-state index in [1.165, 1.54) is 43.4 Å². The van der Waals surface area contributed by atoms with Gasteiger partial charge in [0.05, 0.1) is 0 Å². The van der Waals surface area contributed by atoms with E-state index in [-0.39, 0.29) is 5.54 Å². The molecule has 1 aromatic rings. The van der Waals surface area contributed by atoms with E-state index in [0.717, 1.165) is 13.0 Å². The molecule has 0 saturated carbocycles. The smallest absolute Gasteiger partial charge is 0.0380 e. The molecule has 0 radical (unpaired) electrons. The van der Waals surface area contributed by atoms with E-state index in [9.17, 15) is 0 Å². The highest BCUT2D eigenvalue weighted by Gasteiger charge is 2.46. The Bertz CT molecular complexity index is 466. The van der Waals surface area contributed by atoms with E-state index >= 15 is 0 Å². The number of nitrogens with two attached hydrogens (primary N) is 1. The average Bonchev–Trinajstić information content (AvgIpc) is 2.78. The summed E-state index contributed by atoms with van der Waals surface area (Å²) in [6.45, 7) is 6.77. The molecule has 1 atom stereocenters. The van der Waals surface area contributed by atoms with Gasteiger partial charge in [-0.05, 0) is 63.6 Å². The van der Waals surface area contributed by atoms with E-state index < -0.39 is 0 Å². The van der Waals surface area contributed by atoms with Gasteiger partial charge in [0.2, 0.25) is 0 Å². The van der Waals surface area contributed by atoms with Gasteiger partial charge in [-0.3, -0.25) is 4.90 Å². The van der Waals surface area contributed by atoms with Crippen LogP contribution in [-0.4, -0.2) is 29.1 Å². The lowest BCUT2D eigenvalue weighted by Gasteiger charge is -2.50. The first-order valence-electron chi connectivity index (χ1n) is 7.62. The molecule has 3 rings (SSSR count). The van der Waals surface area contributed by atoms with Crippen LogP contribution < -0.4 is 5.73 Å². The maximum Gasteiger partial charge on any atom is 0.0380 e. The second-order valence-corrected chi connectivity index (χ2v) is 6.94. The zero-order valence-electron chi connectivity index (χ0n) is 12.3. The lowest BCUT2D eigenvalue weighted by Crippen LogP contribution is -2.61. The number of rotatable bonds is 2. The molecule has 0 aromatic heterocycles. The highest BCUT2D eigenvalue weighted by molar-refractivity contribution is 5.33. The molecule has 1 fully saturated rings. The van der Waals surface area contributed by atoms with Gasteiger partial charge in [-0.1, -0.05) is 24.3 Å². The molecule has 1 heterocycles. The number of benzene rings is 1. The molecule has 1 aliphatic carbocycles. The van der Waals surface area contributed by atoms with Gasteiger partial charge in [-0.25, -0.2) is 0 Å². The molecule has 0 spiro atoms. The first kappa shape index (κ1) is 13.1. The number of fused-ring (bicyclic) bond motifs is 1. The predicted octanol–water partition coefficient (Wildman–Crippen LogP) is 2.75. The summed E-state index contributed by atoms with van der Waals surface area (Å²) in [4.78, 5) is 2.72. The van der Waals surface area contributed by atoms with Crippen molar-refractivity contribution in [1.29, 1.82) is 0 Å². The Balaban J connectivity index is 1.94. The average molecular weight is 258 g/mol. The Morgan fingerprint density at radius 2 is 1.89 bits per heavy atom. The number of hydrogen-bond acceptors (Lipinski definition) is 2. The van der Waals surface area contributed by atoms with Crippen molar-refractivity contribution < 1.29 is 0 Å².